The number of hydrogen-bond donors (Lipinski definition) is 2. The van der Waals surface area contributed by atoms with E-state index in [-0.39, 0.29) is 23.7 Å². The van der Waals surface area contributed by atoms with Crippen molar-refractivity contribution in [3.8, 4) is 23.0 Å². The number of quaternary nitrogens is 1. The van der Waals surface area contributed by atoms with Gasteiger partial charge < -0.3 is 34.5 Å². The first-order valence-corrected chi connectivity index (χ1v) is 9.93. The van der Waals surface area contributed by atoms with Gasteiger partial charge >= 0.3 is 0 Å². The molecule has 0 unspecified atom stereocenters. The van der Waals surface area contributed by atoms with Crippen LogP contribution < -0.4 is 30.0 Å². The SMILES string of the molecule is COc1ccc(NC(=O)[C@@H]2c3c(cc4c(c3OC)OCO4)CC[N@@+]2(C)CC(N)=O)cc1. The molecular weight excluding hydrogens is 402 g/mol. The van der Waals surface area contributed by atoms with Crippen LogP contribution in [0.15, 0.2) is 30.3 Å². The number of rotatable bonds is 6. The molecule has 31 heavy (non-hydrogen) atoms. The smallest absolute Gasteiger partial charge is 0.287 e. The van der Waals surface area contributed by atoms with Crippen molar-refractivity contribution in [1.29, 1.82) is 0 Å². The summed E-state index contributed by atoms with van der Waals surface area (Å²) in [6.45, 7) is 0.655. The van der Waals surface area contributed by atoms with E-state index in [0.717, 1.165) is 5.56 Å². The number of methoxy groups -OCH3 is 2. The third-order valence-electron chi connectivity index (χ3n) is 5.86. The maximum absolute atomic E-state index is 13.6. The molecule has 0 aliphatic carbocycles. The standard InChI is InChI=1S/C22H25N3O6/c1-25(11-17(23)26)9-8-13-10-16-20(31-12-30-16)21(29-3)18(13)19(25)22(27)24-14-4-6-15(28-2)7-5-14/h4-7,10,19H,8-9,11-12H2,1-3H3,(H2-,23,24,26,27)/p+1/t19-,25-/m0/s1. The van der Waals surface area contributed by atoms with Crippen LogP contribution in [0.1, 0.15) is 17.2 Å². The second-order valence-electron chi connectivity index (χ2n) is 7.91. The maximum atomic E-state index is 13.6. The fourth-order valence-corrected chi connectivity index (χ4v) is 4.43. The summed E-state index contributed by atoms with van der Waals surface area (Å²) >= 11 is 0. The normalized spacial score (nSPS) is 21.2. The van der Waals surface area contributed by atoms with Crippen LogP contribution in [-0.2, 0) is 16.0 Å². The summed E-state index contributed by atoms with van der Waals surface area (Å²) in [7, 11) is 4.97. The maximum Gasteiger partial charge on any atom is 0.287 e. The van der Waals surface area contributed by atoms with Crippen molar-refractivity contribution in [2.75, 3.05) is 46.5 Å². The van der Waals surface area contributed by atoms with Gasteiger partial charge in [0.05, 0.1) is 33.4 Å². The largest absolute Gasteiger partial charge is 0.497 e. The number of anilines is 1. The summed E-state index contributed by atoms with van der Waals surface area (Å²) in [4.78, 5) is 25.5. The molecule has 0 bridgehead atoms. The number of nitrogens with two attached hydrogens (primary N) is 1. The molecule has 2 atom stereocenters. The lowest BCUT2D eigenvalue weighted by molar-refractivity contribution is -0.924. The number of hydrogen-bond acceptors (Lipinski definition) is 6. The lowest BCUT2D eigenvalue weighted by atomic mass is 9.88. The molecule has 2 aliphatic rings. The molecule has 2 amide bonds. The Hall–Kier alpha value is -3.46. The average molecular weight is 428 g/mol. The molecule has 9 nitrogen and oxygen atoms in total. The van der Waals surface area contributed by atoms with Crippen molar-refractivity contribution in [1.82, 2.24) is 0 Å². The zero-order valence-corrected chi connectivity index (χ0v) is 17.8. The van der Waals surface area contributed by atoms with Crippen LogP contribution in [0.2, 0.25) is 0 Å². The number of carbonyl (C=O) groups is 2. The molecule has 0 radical (unpaired) electrons. The lowest BCUT2D eigenvalue weighted by Gasteiger charge is -2.44. The number of benzene rings is 2. The van der Waals surface area contributed by atoms with E-state index in [1.54, 1.807) is 31.4 Å². The van der Waals surface area contributed by atoms with Gasteiger partial charge in [-0.05, 0) is 35.9 Å². The van der Waals surface area contributed by atoms with E-state index in [9.17, 15) is 9.59 Å². The summed E-state index contributed by atoms with van der Waals surface area (Å²) in [5.74, 6) is 1.45. The zero-order chi connectivity index (χ0) is 22.2. The Labute approximate surface area is 180 Å². The predicted molar refractivity (Wildman–Crippen MR) is 112 cm³/mol. The third-order valence-corrected chi connectivity index (χ3v) is 5.86. The zero-order valence-electron chi connectivity index (χ0n) is 17.8. The highest BCUT2D eigenvalue weighted by Gasteiger charge is 2.48. The van der Waals surface area contributed by atoms with Crippen LogP contribution in [0.4, 0.5) is 5.69 Å². The molecule has 2 aromatic rings. The Bertz CT molecular complexity index is 1020. The molecule has 0 fully saturated rings. The van der Waals surface area contributed by atoms with Crippen LogP contribution in [0.3, 0.4) is 0 Å². The van der Waals surface area contributed by atoms with Gasteiger partial charge in [0, 0.05) is 12.1 Å². The van der Waals surface area contributed by atoms with E-state index in [1.165, 1.54) is 7.11 Å². The summed E-state index contributed by atoms with van der Waals surface area (Å²) in [6, 6.07) is 8.21. The highest BCUT2D eigenvalue weighted by molar-refractivity contribution is 5.96. The minimum atomic E-state index is -0.734. The number of primary amides is 1. The molecule has 0 saturated heterocycles. The van der Waals surface area contributed by atoms with Crippen LogP contribution >= 0.6 is 0 Å². The first-order chi connectivity index (χ1) is 14.9. The third kappa shape index (κ3) is 3.72. The second kappa shape index (κ2) is 7.99. The number of likely N-dealkylation sites (N-methyl/N-ethyl adjacent to an activating group) is 1. The molecule has 2 heterocycles. The first kappa shape index (κ1) is 20.8. The average Bonchev–Trinajstić information content (AvgIpc) is 3.20. The Morgan fingerprint density at radius 2 is 1.94 bits per heavy atom. The Balaban J connectivity index is 1.79. The minimum absolute atomic E-state index is 0.0116. The van der Waals surface area contributed by atoms with Crippen molar-refractivity contribution in [3.05, 3.63) is 41.5 Å². The molecule has 3 N–H and O–H groups in total. The molecule has 164 valence electrons. The van der Waals surface area contributed by atoms with Crippen LogP contribution in [0, 0.1) is 0 Å². The number of nitrogens with one attached hydrogen (secondary N) is 1. The molecule has 2 aliphatic heterocycles. The number of ether oxygens (including phenoxy) is 4. The minimum Gasteiger partial charge on any atom is -0.497 e. The number of fused-ring (bicyclic) bond motifs is 2. The van der Waals surface area contributed by atoms with Gasteiger partial charge in [0.1, 0.15) is 5.75 Å². The van der Waals surface area contributed by atoms with Crippen LogP contribution in [0.5, 0.6) is 23.0 Å². The Morgan fingerprint density at radius 3 is 2.58 bits per heavy atom. The van der Waals surface area contributed by atoms with Gasteiger partial charge in [-0.2, -0.15) is 0 Å². The van der Waals surface area contributed by atoms with Gasteiger partial charge in [-0.3, -0.25) is 9.59 Å². The Morgan fingerprint density at radius 1 is 1.19 bits per heavy atom. The van der Waals surface area contributed by atoms with Gasteiger partial charge in [-0.25, -0.2) is 0 Å². The van der Waals surface area contributed by atoms with E-state index in [0.29, 0.717) is 47.2 Å². The van der Waals surface area contributed by atoms with Gasteiger partial charge in [0.2, 0.25) is 12.5 Å². The van der Waals surface area contributed by atoms with Crippen molar-refractivity contribution < 1.29 is 33.0 Å². The number of carbonyl (C=O) groups excluding carboxylic acids is 2. The molecule has 9 heteroatoms. The van der Waals surface area contributed by atoms with E-state index in [1.807, 2.05) is 13.1 Å². The van der Waals surface area contributed by atoms with Gasteiger partial charge in [-0.1, -0.05) is 0 Å². The molecule has 4 rings (SSSR count). The Kier molecular flexibility index (Phi) is 5.36. The monoisotopic (exact) mass is 428 g/mol. The highest BCUT2D eigenvalue weighted by Crippen LogP contribution is 2.51. The van der Waals surface area contributed by atoms with E-state index in [4.69, 9.17) is 24.7 Å². The summed E-state index contributed by atoms with van der Waals surface area (Å²) in [6.07, 6.45) is 0.637. The molecule has 0 spiro atoms. The summed E-state index contributed by atoms with van der Waals surface area (Å²) in [5, 5.41) is 2.96. The lowest BCUT2D eigenvalue weighted by Crippen LogP contribution is -2.58. The van der Waals surface area contributed by atoms with Crippen molar-refractivity contribution in [2.24, 2.45) is 5.73 Å². The van der Waals surface area contributed by atoms with Gasteiger partial charge in [-0.15, -0.1) is 0 Å². The van der Waals surface area contributed by atoms with E-state index in [2.05, 4.69) is 5.32 Å². The topological polar surface area (TPSA) is 109 Å². The number of amides is 2. The fraction of sp³-hybridized carbons (Fsp3) is 0.364. The molecular formula is C22H26N3O6+. The summed E-state index contributed by atoms with van der Waals surface area (Å²) in [5.41, 5.74) is 7.79. The van der Waals surface area contributed by atoms with Crippen LogP contribution in [-0.4, -0.2) is 57.4 Å². The fourth-order valence-electron chi connectivity index (χ4n) is 4.43. The van der Waals surface area contributed by atoms with E-state index >= 15 is 0 Å². The van der Waals surface area contributed by atoms with Crippen molar-refractivity contribution >= 4 is 17.5 Å². The van der Waals surface area contributed by atoms with Gasteiger partial charge in [0.15, 0.2) is 24.1 Å². The highest BCUT2D eigenvalue weighted by atomic mass is 16.7. The molecule has 0 saturated carbocycles. The molecule has 2 aromatic carbocycles. The van der Waals surface area contributed by atoms with Crippen molar-refractivity contribution in [2.45, 2.75) is 12.5 Å². The predicted octanol–water partition coefficient (Wildman–Crippen LogP) is 1.60. The number of nitrogens with zero attached hydrogens (tertiary/aromatic N) is 1. The van der Waals surface area contributed by atoms with Crippen molar-refractivity contribution in [3.63, 3.8) is 0 Å². The quantitative estimate of drug-likeness (QED) is 0.677. The van der Waals surface area contributed by atoms with E-state index < -0.39 is 11.9 Å². The summed E-state index contributed by atoms with van der Waals surface area (Å²) < 4.78 is 22.1. The first-order valence-electron chi connectivity index (χ1n) is 9.93. The molecule has 0 aromatic heterocycles. The van der Waals surface area contributed by atoms with Gasteiger partial charge in [0.25, 0.3) is 11.8 Å². The van der Waals surface area contributed by atoms with Crippen LogP contribution in [0.25, 0.3) is 0 Å². The second-order valence-corrected chi connectivity index (χ2v) is 7.91.